The van der Waals surface area contributed by atoms with E-state index >= 15 is 0 Å². The summed E-state index contributed by atoms with van der Waals surface area (Å²) in [6.07, 6.45) is 0. The lowest BCUT2D eigenvalue weighted by Crippen LogP contribution is -2.01. The molecule has 0 radical (unpaired) electrons. The van der Waals surface area contributed by atoms with Crippen molar-refractivity contribution in [3.05, 3.63) is 58.1 Å². The third-order valence-corrected chi connectivity index (χ3v) is 4.74. The summed E-state index contributed by atoms with van der Waals surface area (Å²) < 4.78 is 10.8. The summed E-state index contributed by atoms with van der Waals surface area (Å²) >= 11 is 3.84. The summed E-state index contributed by atoms with van der Waals surface area (Å²) in [5.74, 6) is 1.52. The minimum absolute atomic E-state index is 0.136. The fourth-order valence-corrected chi connectivity index (χ4v) is 3.46. The van der Waals surface area contributed by atoms with Gasteiger partial charge in [-0.1, -0.05) is 39.7 Å². The molecule has 0 bridgehead atoms. The van der Waals surface area contributed by atoms with Crippen LogP contribution in [0.2, 0.25) is 0 Å². The molecule has 0 saturated heterocycles. The van der Waals surface area contributed by atoms with Crippen molar-refractivity contribution in [3.63, 3.8) is 0 Å². The predicted octanol–water partition coefficient (Wildman–Crippen LogP) is 5.11. The predicted molar refractivity (Wildman–Crippen MR) is 91.0 cm³/mol. The van der Waals surface area contributed by atoms with Gasteiger partial charge in [0.15, 0.2) is 11.5 Å². The van der Waals surface area contributed by atoms with Crippen LogP contribution in [0.25, 0.3) is 0 Å². The monoisotopic (exact) mass is 348 g/mol. The van der Waals surface area contributed by atoms with E-state index in [9.17, 15) is 0 Å². The van der Waals surface area contributed by atoms with E-state index in [-0.39, 0.29) is 4.83 Å². The zero-order valence-corrected chi connectivity index (χ0v) is 14.7. The Bertz CT molecular complexity index is 650. The smallest absolute Gasteiger partial charge is 0.161 e. The molecule has 112 valence electrons. The molecule has 0 heterocycles. The SMILES string of the molecule is COc1cc(C)c(C(Br)c2cc(C)ccc2C)cc1OC. The third-order valence-electron chi connectivity index (χ3n) is 3.75. The standard InChI is InChI=1S/C18H21BrO2/c1-11-6-7-12(2)14(8-11)18(19)15-10-17(21-5)16(20-4)9-13(15)3/h6-10,18H,1-5H3. The maximum Gasteiger partial charge on any atom is 0.161 e. The van der Waals surface area contributed by atoms with E-state index in [1.54, 1.807) is 14.2 Å². The van der Waals surface area contributed by atoms with Crippen molar-refractivity contribution >= 4 is 15.9 Å². The highest BCUT2D eigenvalue weighted by Crippen LogP contribution is 2.40. The normalized spacial score (nSPS) is 12.1. The van der Waals surface area contributed by atoms with Crippen molar-refractivity contribution in [2.24, 2.45) is 0 Å². The summed E-state index contributed by atoms with van der Waals surface area (Å²) in [6.45, 7) is 6.35. The summed E-state index contributed by atoms with van der Waals surface area (Å²) in [4.78, 5) is 0.136. The molecule has 0 spiro atoms. The molecule has 0 aliphatic rings. The van der Waals surface area contributed by atoms with E-state index in [0.29, 0.717) is 0 Å². The molecule has 0 N–H and O–H groups in total. The molecule has 2 nitrogen and oxygen atoms in total. The second kappa shape index (κ2) is 6.52. The Hall–Kier alpha value is -1.48. The van der Waals surface area contributed by atoms with E-state index in [2.05, 4.69) is 61.0 Å². The molecule has 0 aliphatic heterocycles. The quantitative estimate of drug-likeness (QED) is 0.714. The Morgan fingerprint density at radius 1 is 0.810 bits per heavy atom. The van der Waals surface area contributed by atoms with Crippen LogP contribution < -0.4 is 9.47 Å². The maximum absolute atomic E-state index is 5.43. The van der Waals surface area contributed by atoms with E-state index in [0.717, 1.165) is 11.5 Å². The highest BCUT2D eigenvalue weighted by atomic mass is 79.9. The number of halogens is 1. The van der Waals surface area contributed by atoms with Gasteiger partial charge in [0.1, 0.15) is 0 Å². The van der Waals surface area contributed by atoms with Crippen molar-refractivity contribution < 1.29 is 9.47 Å². The minimum atomic E-state index is 0.136. The number of hydrogen-bond acceptors (Lipinski definition) is 2. The number of aryl methyl sites for hydroxylation is 3. The number of alkyl halides is 1. The Labute approximate surface area is 135 Å². The van der Waals surface area contributed by atoms with E-state index < -0.39 is 0 Å². The van der Waals surface area contributed by atoms with Crippen LogP contribution in [0.5, 0.6) is 11.5 Å². The lowest BCUT2D eigenvalue weighted by Gasteiger charge is -2.19. The van der Waals surface area contributed by atoms with Gasteiger partial charge in [-0.2, -0.15) is 0 Å². The molecule has 1 atom stereocenters. The first-order valence-corrected chi connectivity index (χ1v) is 7.83. The van der Waals surface area contributed by atoms with Crippen molar-refractivity contribution in [2.45, 2.75) is 25.6 Å². The van der Waals surface area contributed by atoms with E-state index in [1.807, 2.05) is 6.07 Å². The average Bonchev–Trinajstić information content (AvgIpc) is 2.48. The van der Waals surface area contributed by atoms with Crippen LogP contribution in [0.1, 0.15) is 32.6 Å². The fraction of sp³-hybridized carbons (Fsp3) is 0.333. The van der Waals surface area contributed by atoms with Gasteiger partial charge < -0.3 is 9.47 Å². The lowest BCUT2D eigenvalue weighted by atomic mass is 9.95. The average molecular weight is 349 g/mol. The van der Waals surface area contributed by atoms with E-state index in [1.165, 1.54) is 27.8 Å². The number of benzene rings is 2. The van der Waals surface area contributed by atoms with Crippen molar-refractivity contribution in [1.82, 2.24) is 0 Å². The number of rotatable bonds is 4. The number of hydrogen-bond donors (Lipinski definition) is 0. The Morgan fingerprint density at radius 2 is 1.38 bits per heavy atom. The summed E-state index contributed by atoms with van der Waals surface area (Å²) in [5.41, 5.74) is 6.19. The van der Waals surface area contributed by atoms with Crippen molar-refractivity contribution in [3.8, 4) is 11.5 Å². The second-order valence-corrected chi connectivity index (χ2v) is 6.20. The van der Waals surface area contributed by atoms with Crippen LogP contribution in [0.15, 0.2) is 30.3 Å². The minimum Gasteiger partial charge on any atom is -0.493 e. The highest BCUT2D eigenvalue weighted by Gasteiger charge is 2.18. The molecule has 2 rings (SSSR count). The molecule has 3 heteroatoms. The number of methoxy groups -OCH3 is 2. The van der Waals surface area contributed by atoms with Crippen LogP contribution in [-0.4, -0.2) is 14.2 Å². The van der Waals surface area contributed by atoms with Crippen LogP contribution in [-0.2, 0) is 0 Å². The van der Waals surface area contributed by atoms with Gasteiger partial charge >= 0.3 is 0 Å². The second-order valence-electron chi connectivity index (χ2n) is 5.29. The molecule has 2 aromatic rings. The van der Waals surface area contributed by atoms with Gasteiger partial charge in [0.25, 0.3) is 0 Å². The molecule has 0 amide bonds. The summed E-state index contributed by atoms with van der Waals surface area (Å²) in [6, 6.07) is 10.6. The van der Waals surface area contributed by atoms with Crippen LogP contribution in [0.4, 0.5) is 0 Å². The Kier molecular flexibility index (Phi) is 4.94. The summed E-state index contributed by atoms with van der Waals surface area (Å²) in [7, 11) is 3.32. The topological polar surface area (TPSA) is 18.5 Å². The zero-order valence-electron chi connectivity index (χ0n) is 13.2. The van der Waals surface area contributed by atoms with Gasteiger partial charge in [-0.25, -0.2) is 0 Å². The third kappa shape index (κ3) is 3.24. The first kappa shape index (κ1) is 15.9. The van der Waals surface area contributed by atoms with Gasteiger partial charge in [0.2, 0.25) is 0 Å². The van der Waals surface area contributed by atoms with Crippen molar-refractivity contribution in [2.75, 3.05) is 14.2 Å². The molecule has 0 aromatic heterocycles. The molecule has 1 unspecified atom stereocenters. The molecular weight excluding hydrogens is 328 g/mol. The molecular formula is C18H21BrO2. The number of ether oxygens (including phenoxy) is 2. The van der Waals surface area contributed by atoms with E-state index in [4.69, 9.17) is 9.47 Å². The van der Waals surface area contributed by atoms with Gasteiger partial charge in [-0.05, 0) is 55.2 Å². The first-order valence-electron chi connectivity index (χ1n) is 6.91. The maximum atomic E-state index is 5.43. The van der Waals surface area contributed by atoms with Gasteiger partial charge in [-0.15, -0.1) is 0 Å². The fourth-order valence-electron chi connectivity index (χ4n) is 2.47. The Morgan fingerprint density at radius 3 is 2.00 bits per heavy atom. The largest absolute Gasteiger partial charge is 0.493 e. The lowest BCUT2D eigenvalue weighted by molar-refractivity contribution is 0.354. The van der Waals surface area contributed by atoms with Crippen LogP contribution >= 0.6 is 15.9 Å². The van der Waals surface area contributed by atoms with Gasteiger partial charge in [-0.3, -0.25) is 0 Å². The molecule has 0 aliphatic carbocycles. The van der Waals surface area contributed by atoms with Crippen molar-refractivity contribution in [1.29, 1.82) is 0 Å². The Balaban J connectivity index is 2.52. The summed E-state index contributed by atoms with van der Waals surface area (Å²) in [5, 5.41) is 0. The first-order chi connectivity index (χ1) is 9.97. The molecule has 0 fully saturated rings. The van der Waals surface area contributed by atoms with Gasteiger partial charge in [0, 0.05) is 0 Å². The molecule has 21 heavy (non-hydrogen) atoms. The zero-order chi connectivity index (χ0) is 15.6. The molecule has 0 saturated carbocycles. The highest BCUT2D eigenvalue weighted by molar-refractivity contribution is 9.09. The van der Waals surface area contributed by atoms with Crippen LogP contribution in [0, 0.1) is 20.8 Å². The molecule has 2 aromatic carbocycles. The van der Waals surface area contributed by atoms with Gasteiger partial charge in [0.05, 0.1) is 19.0 Å². The van der Waals surface area contributed by atoms with Crippen LogP contribution in [0.3, 0.4) is 0 Å².